The molecule has 156 valence electrons. The summed E-state index contributed by atoms with van der Waals surface area (Å²) in [6, 6.07) is 7.43. The third kappa shape index (κ3) is 4.92. The van der Waals surface area contributed by atoms with Gasteiger partial charge in [0.05, 0.1) is 18.7 Å². The van der Waals surface area contributed by atoms with Crippen LogP contribution in [0.2, 0.25) is 5.02 Å². The number of phenolic OH excluding ortho intramolecular Hbond substituents is 1. The SMILES string of the molecule is CCOc1cc(C(=O)N2CCN(Cc3cc(F)ccc3OC)CC2)cc(Cl)c1O. The van der Waals surface area contributed by atoms with Crippen molar-refractivity contribution in [3.8, 4) is 17.2 Å². The number of methoxy groups -OCH3 is 1. The predicted octanol–water partition coefficient (Wildman–Crippen LogP) is 3.55. The van der Waals surface area contributed by atoms with E-state index in [1.165, 1.54) is 24.3 Å². The minimum absolute atomic E-state index is 0.0798. The average molecular weight is 423 g/mol. The van der Waals surface area contributed by atoms with Gasteiger partial charge in [0.25, 0.3) is 5.91 Å². The normalized spacial score (nSPS) is 14.7. The van der Waals surface area contributed by atoms with Gasteiger partial charge in [0, 0.05) is 43.9 Å². The van der Waals surface area contributed by atoms with Crippen LogP contribution in [0.25, 0.3) is 0 Å². The second-order valence-corrected chi connectivity index (χ2v) is 7.17. The highest BCUT2D eigenvalue weighted by Crippen LogP contribution is 2.35. The quantitative estimate of drug-likeness (QED) is 0.771. The van der Waals surface area contributed by atoms with Gasteiger partial charge in [-0.1, -0.05) is 11.6 Å². The van der Waals surface area contributed by atoms with E-state index >= 15 is 0 Å². The van der Waals surface area contributed by atoms with E-state index in [4.69, 9.17) is 21.1 Å². The molecule has 2 aromatic rings. The molecule has 0 saturated carbocycles. The van der Waals surface area contributed by atoms with E-state index in [0.717, 1.165) is 5.56 Å². The third-order valence-electron chi connectivity index (χ3n) is 4.87. The summed E-state index contributed by atoms with van der Waals surface area (Å²) in [7, 11) is 1.56. The van der Waals surface area contributed by atoms with Gasteiger partial charge in [-0.2, -0.15) is 0 Å². The number of benzene rings is 2. The van der Waals surface area contributed by atoms with E-state index in [-0.39, 0.29) is 28.2 Å². The van der Waals surface area contributed by atoms with Crippen LogP contribution in [0, 0.1) is 5.82 Å². The zero-order chi connectivity index (χ0) is 21.0. The molecule has 0 spiro atoms. The molecule has 1 fully saturated rings. The summed E-state index contributed by atoms with van der Waals surface area (Å²) >= 11 is 6.04. The van der Waals surface area contributed by atoms with E-state index < -0.39 is 0 Å². The van der Waals surface area contributed by atoms with Crippen LogP contribution in [0.4, 0.5) is 4.39 Å². The molecule has 8 heteroatoms. The lowest BCUT2D eigenvalue weighted by atomic mass is 10.1. The second kappa shape index (κ2) is 9.33. The summed E-state index contributed by atoms with van der Waals surface area (Å²) in [4.78, 5) is 16.8. The van der Waals surface area contributed by atoms with Crippen molar-refractivity contribution in [1.29, 1.82) is 0 Å². The molecule has 6 nitrogen and oxygen atoms in total. The van der Waals surface area contributed by atoms with Gasteiger partial charge in [-0.3, -0.25) is 9.69 Å². The number of piperazine rings is 1. The minimum Gasteiger partial charge on any atom is -0.503 e. The van der Waals surface area contributed by atoms with E-state index in [9.17, 15) is 14.3 Å². The van der Waals surface area contributed by atoms with Crippen molar-refractivity contribution < 1.29 is 23.8 Å². The smallest absolute Gasteiger partial charge is 0.254 e. The molecule has 0 aromatic heterocycles. The molecule has 0 unspecified atom stereocenters. The third-order valence-corrected chi connectivity index (χ3v) is 5.16. The molecule has 1 amide bonds. The summed E-state index contributed by atoms with van der Waals surface area (Å²) < 4.78 is 24.2. The van der Waals surface area contributed by atoms with Crippen molar-refractivity contribution in [3.05, 3.63) is 52.3 Å². The topological polar surface area (TPSA) is 62.2 Å². The summed E-state index contributed by atoms with van der Waals surface area (Å²) in [5.74, 6) is 0.200. The molecule has 2 aromatic carbocycles. The van der Waals surface area contributed by atoms with Crippen LogP contribution in [0.15, 0.2) is 30.3 Å². The van der Waals surface area contributed by atoms with E-state index in [2.05, 4.69) is 4.90 Å². The Bertz CT molecular complexity index is 885. The Morgan fingerprint density at radius 3 is 2.55 bits per heavy atom. The first kappa shape index (κ1) is 21.2. The molecule has 1 aliphatic heterocycles. The van der Waals surface area contributed by atoms with Gasteiger partial charge in [-0.15, -0.1) is 0 Å². The maximum absolute atomic E-state index is 13.6. The first-order chi connectivity index (χ1) is 13.9. The number of carbonyl (C=O) groups excluding carboxylic acids is 1. The highest BCUT2D eigenvalue weighted by atomic mass is 35.5. The van der Waals surface area contributed by atoms with Gasteiger partial charge in [-0.05, 0) is 37.3 Å². The summed E-state index contributed by atoms with van der Waals surface area (Å²) in [6.45, 7) is 5.03. The number of amides is 1. The van der Waals surface area contributed by atoms with Crippen molar-refractivity contribution in [2.24, 2.45) is 0 Å². The van der Waals surface area contributed by atoms with E-state index in [0.29, 0.717) is 50.6 Å². The lowest BCUT2D eigenvalue weighted by Crippen LogP contribution is -2.48. The molecule has 0 atom stereocenters. The summed E-state index contributed by atoms with van der Waals surface area (Å²) in [5.41, 5.74) is 1.15. The van der Waals surface area contributed by atoms with Crippen molar-refractivity contribution in [2.75, 3.05) is 39.9 Å². The number of hydrogen-bond acceptors (Lipinski definition) is 5. The number of rotatable bonds is 6. The van der Waals surface area contributed by atoms with Crippen LogP contribution < -0.4 is 9.47 Å². The number of carbonyl (C=O) groups is 1. The highest BCUT2D eigenvalue weighted by Gasteiger charge is 2.24. The van der Waals surface area contributed by atoms with Gasteiger partial charge >= 0.3 is 0 Å². The fraction of sp³-hybridized carbons (Fsp3) is 0.381. The Kier molecular flexibility index (Phi) is 6.82. The first-order valence-corrected chi connectivity index (χ1v) is 9.80. The molecule has 0 aliphatic carbocycles. The number of nitrogens with zero attached hydrogens (tertiary/aromatic N) is 2. The van der Waals surface area contributed by atoms with Gasteiger partial charge in [0.2, 0.25) is 0 Å². The Hall–Kier alpha value is -2.51. The lowest BCUT2D eigenvalue weighted by molar-refractivity contribution is 0.0627. The monoisotopic (exact) mass is 422 g/mol. The molecule has 1 aliphatic rings. The Morgan fingerprint density at radius 1 is 1.17 bits per heavy atom. The fourth-order valence-electron chi connectivity index (χ4n) is 3.37. The number of aromatic hydroxyl groups is 1. The molecule has 0 bridgehead atoms. The first-order valence-electron chi connectivity index (χ1n) is 9.42. The van der Waals surface area contributed by atoms with Crippen LogP contribution in [-0.2, 0) is 6.54 Å². The van der Waals surface area contributed by atoms with E-state index in [1.807, 2.05) is 0 Å². The molecule has 1 N–H and O–H groups in total. The van der Waals surface area contributed by atoms with Gasteiger partial charge < -0.3 is 19.5 Å². The second-order valence-electron chi connectivity index (χ2n) is 6.76. The number of phenols is 1. The van der Waals surface area contributed by atoms with Crippen molar-refractivity contribution in [3.63, 3.8) is 0 Å². The largest absolute Gasteiger partial charge is 0.503 e. The molecular weight excluding hydrogens is 399 g/mol. The van der Waals surface area contributed by atoms with Crippen LogP contribution in [0.1, 0.15) is 22.8 Å². The molecule has 1 heterocycles. The maximum Gasteiger partial charge on any atom is 0.254 e. The molecule has 3 rings (SSSR count). The van der Waals surface area contributed by atoms with Crippen molar-refractivity contribution in [2.45, 2.75) is 13.5 Å². The standard InChI is InChI=1S/C21H24ClFN2O4/c1-3-29-19-12-14(11-17(22)20(19)26)21(27)25-8-6-24(7-9-25)13-15-10-16(23)4-5-18(15)28-2/h4-5,10-12,26H,3,6-9,13H2,1-2H3. The Morgan fingerprint density at radius 2 is 1.90 bits per heavy atom. The van der Waals surface area contributed by atoms with Crippen LogP contribution >= 0.6 is 11.6 Å². The zero-order valence-corrected chi connectivity index (χ0v) is 17.2. The maximum atomic E-state index is 13.6. The number of halogens is 2. The van der Waals surface area contributed by atoms with Gasteiger partial charge in [0.1, 0.15) is 11.6 Å². The molecule has 0 radical (unpaired) electrons. The van der Waals surface area contributed by atoms with Crippen molar-refractivity contribution >= 4 is 17.5 Å². The Labute approximate surface area is 174 Å². The van der Waals surface area contributed by atoms with Crippen LogP contribution in [0.3, 0.4) is 0 Å². The van der Waals surface area contributed by atoms with Gasteiger partial charge in [0.15, 0.2) is 11.5 Å². The van der Waals surface area contributed by atoms with Crippen LogP contribution in [0.5, 0.6) is 17.2 Å². The number of hydrogen-bond donors (Lipinski definition) is 1. The van der Waals surface area contributed by atoms with E-state index in [1.54, 1.807) is 25.0 Å². The molecule has 29 heavy (non-hydrogen) atoms. The predicted molar refractivity (Wildman–Crippen MR) is 108 cm³/mol. The fourth-order valence-corrected chi connectivity index (χ4v) is 3.58. The highest BCUT2D eigenvalue weighted by molar-refractivity contribution is 6.32. The van der Waals surface area contributed by atoms with Crippen LogP contribution in [-0.4, -0.2) is 60.7 Å². The zero-order valence-electron chi connectivity index (χ0n) is 16.5. The lowest BCUT2D eigenvalue weighted by Gasteiger charge is -2.35. The summed E-state index contributed by atoms with van der Waals surface area (Å²) in [5, 5.41) is 10.0. The Balaban J connectivity index is 1.65. The average Bonchev–Trinajstić information content (AvgIpc) is 2.71. The molecule has 1 saturated heterocycles. The van der Waals surface area contributed by atoms with Gasteiger partial charge in [-0.25, -0.2) is 4.39 Å². The number of ether oxygens (including phenoxy) is 2. The summed E-state index contributed by atoms with van der Waals surface area (Å²) in [6.07, 6.45) is 0. The van der Waals surface area contributed by atoms with Crippen molar-refractivity contribution in [1.82, 2.24) is 9.80 Å². The molecular formula is C21H24ClFN2O4. The minimum atomic E-state index is -0.302.